The highest BCUT2D eigenvalue weighted by molar-refractivity contribution is 6.23. The molecule has 17 nitrogen and oxygen atoms in total. The van der Waals surface area contributed by atoms with Crippen LogP contribution in [0.3, 0.4) is 0 Å². The zero-order valence-electron chi connectivity index (χ0n) is 31.8. The van der Waals surface area contributed by atoms with Crippen molar-refractivity contribution >= 4 is 52.9 Å². The summed E-state index contributed by atoms with van der Waals surface area (Å²) < 4.78 is 0. The van der Waals surface area contributed by atoms with Gasteiger partial charge in [0.05, 0.1) is 23.4 Å². The number of carbonyl (C=O) groups is 6. The van der Waals surface area contributed by atoms with Gasteiger partial charge in [0.15, 0.2) is 11.5 Å². The monoisotopic (exact) mass is 775 g/mol. The van der Waals surface area contributed by atoms with Crippen LogP contribution in [0.4, 0.5) is 22.1 Å². The van der Waals surface area contributed by atoms with Crippen molar-refractivity contribution in [3.05, 3.63) is 88.9 Å². The number of rotatable bonds is 9. The number of hydrogen-bond donors (Lipinski definition) is 3. The molecule has 0 saturated carbocycles. The molecule has 0 bridgehead atoms. The molecule has 3 aromatic rings. The number of urea groups is 1. The number of carbonyl (C=O) groups excluding carboxylic acids is 6. The summed E-state index contributed by atoms with van der Waals surface area (Å²) in [5.41, 5.74) is 8.79. The second-order valence-electron chi connectivity index (χ2n) is 15.2. The smallest absolute Gasteiger partial charge is 0.320 e. The largest absolute Gasteiger partial charge is 0.364 e. The number of fused-ring (bicyclic) bond motifs is 1. The van der Waals surface area contributed by atoms with Crippen molar-refractivity contribution in [1.29, 1.82) is 0 Å². The van der Waals surface area contributed by atoms with Crippen LogP contribution in [0.2, 0.25) is 0 Å². The zero-order valence-corrected chi connectivity index (χ0v) is 31.8. The number of primary amides is 1. The number of nitrogens with one attached hydrogen (secondary N) is 2. The van der Waals surface area contributed by atoms with Crippen molar-refractivity contribution in [2.45, 2.75) is 44.3 Å². The van der Waals surface area contributed by atoms with Gasteiger partial charge in [-0.2, -0.15) is 0 Å². The molecule has 4 fully saturated rings. The predicted octanol–water partition coefficient (Wildman–Crippen LogP) is 2.00. The zero-order chi connectivity index (χ0) is 40.0. The molecule has 1 unspecified atom stereocenters. The summed E-state index contributed by atoms with van der Waals surface area (Å²) in [7, 11) is 1.81. The van der Waals surface area contributed by atoms with E-state index in [1.54, 1.807) is 46.2 Å². The topological polar surface area (TPSA) is 198 Å². The standard InChI is InChI=1S/C40H45N11O6/c1-24-5-12-31(36(53)43-24)51-38(55)29-11-6-25(20-30(29)39(51)56)22-47-15-17-48(18-16-47)37(54)26-7-9-27(10-8-26)44-35-33(34(41)52)42-21-32(45-35)49-13-3-4-28(23-49)50-19-14-46(2)40(50)57/h6-11,20-21,28,31H,1,3-5,12-19,22-23H2,2H3,(H2,41,52)(H,43,53)(H,44,45)/t28-,31?/m0/s1. The normalized spacial score (nSPS) is 21.6. The van der Waals surface area contributed by atoms with Crippen LogP contribution in [0.1, 0.15) is 72.8 Å². The lowest BCUT2D eigenvalue weighted by Crippen LogP contribution is -2.51. The summed E-state index contributed by atoms with van der Waals surface area (Å²) in [5, 5.41) is 5.82. The maximum absolute atomic E-state index is 13.5. The summed E-state index contributed by atoms with van der Waals surface area (Å²) in [5.74, 6) is -1.39. The highest BCUT2D eigenvalue weighted by Gasteiger charge is 2.44. The Morgan fingerprint density at radius 3 is 2.39 bits per heavy atom. The maximum Gasteiger partial charge on any atom is 0.320 e. The van der Waals surface area contributed by atoms with Gasteiger partial charge in [-0.05, 0) is 67.6 Å². The first-order chi connectivity index (χ1) is 27.4. The van der Waals surface area contributed by atoms with E-state index in [2.05, 4.69) is 32.0 Å². The Hall–Kier alpha value is -6.36. The Bertz CT molecular complexity index is 2170. The van der Waals surface area contributed by atoms with Crippen molar-refractivity contribution in [3.8, 4) is 0 Å². The fourth-order valence-electron chi connectivity index (χ4n) is 8.30. The molecule has 5 aliphatic rings. The molecular formula is C40H45N11O6. The minimum atomic E-state index is -0.860. The van der Waals surface area contributed by atoms with E-state index in [9.17, 15) is 28.8 Å². The molecule has 2 atom stereocenters. The van der Waals surface area contributed by atoms with Crippen LogP contribution in [0.5, 0.6) is 0 Å². The Morgan fingerprint density at radius 1 is 0.930 bits per heavy atom. The summed E-state index contributed by atoms with van der Waals surface area (Å²) in [4.78, 5) is 97.4. The molecule has 0 spiro atoms. The lowest BCUT2D eigenvalue weighted by atomic mass is 10.0. The number of piperazine rings is 1. The minimum Gasteiger partial charge on any atom is -0.364 e. The molecule has 8 rings (SSSR count). The van der Waals surface area contributed by atoms with Gasteiger partial charge >= 0.3 is 6.03 Å². The number of hydrogen-bond acceptors (Lipinski definition) is 11. The van der Waals surface area contributed by atoms with Gasteiger partial charge < -0.3 is 36.0 Å². The molecule has 296 valence electrons. The first-order valence-electron chi connectivity index (χ1n) is 19.3. The number of likely N-dealkylation sites (N-methyl/N-ethyl adjacent to an activating group) is 1. The fraction of sp³-hybridized carbons (Fsp3) is 0.400. The molecule has 4 saturated heterocycles. The van der Waals surface area contributed by atoms with Gasteiger partial charge in [0.25, 0.3) is 23.6 Å². The quantitative estimate of drug-likeness (QED) is 0.269. The van der Waals surface area contributed by atoms with E-state index < -0.39 is 29.7 Å². The number of amides is 7. The summed E-state index contributed by atoms with van der Waals surface area (Å²) in [6, 6.07) is 11.4. The van der Waals surface area contributed by atoms with Gasteiger partial charge in [0, 0.05) is 82.9 Å². The van der Waals surface area contributed by atoms with E-state index in [-0.39, 0.29) is 29.5 Å². The number of allylic oxidation sites excluding steroid dienone is 1. The molecule has 4 N–H and O–H groups in total. The van der Waals surface area contributed by atoms with E-state index in [1.165, 1.54) is 6.20 Å². The van der Waals surface area contributed by atoms with Gasteiger partial charge in [-0.3, -0.25) is 33.8 Å². The van der Waals surface area contributed by atoms with Crippen LogP contribution in [0.15, 0.2) is 60.9 Å². The van der Waals surface area contributed by atoms with E-state index in [1.807, 2.05) is 18.0 Å². The lowest BCUT2D eigenvalue weighted by Gasteiger charge is -2.37. The van der Waals surface area contributed by atoms with Crippen molar-refractivity contribution in [3.63, 3.8) is 0 Å². The second-order valence-corrected chi connectivity index (χ2v) is 15.2. The van der Waals surface area contributed by atoms with Crippen LogP contribution in [0, 0.1) is 0 Å². The third-order valence-electron chi connectivity index (χ3n) is 11.5. The lowest BCUT2D eigenvalue weighted by molar-refractivity contribution is -0.125. The third kappa shape index (κ3) is 7.37. The summed E-state index contributed by atoms with van der Waals surface area (Å²) >= 11 is 0. The molecule has 7 amide bonds. The van der Waals surface area contributed by atoms with Crippen LogP contribution in [-0.2, 0) is 11.3 Å². The predicted molar refractivity (Wildman–Crippen MR) is 209 cm³/mol. The highest BCUT2D eigenvalue weighted by Crippen LogP contribution is 2.30. The number of aromatic nitrogens is 2. The first kappa shape index (κ1) is 37.6. The number of anilines is 3. The van der Waals surface area contributed by atoms with Crippen LogP contribution < -0.4 is 21.3 Å². The van der Waals surface area contributed by atoms with Gasteiger partial charge in [0.1, 0.15) is 11.9 Å². The van der Waals surface area contributed by atoms with Gasteiger partial charge in [-0.25, -0.2) is 14.8 Å². The number of nitrogens with zero attached hydrogens (tertiary/aromatic N) is 8. The van der Waals surface area contributed by atoms with Crippen molar-refractivity contribution in [1.82, 2.24) is 39.8 Å². The van der Waals surface area contributed by atoms with E-state index in [0.29, 0.717) is 99.1 Å². The average molecular weight is 776 g/mol. The second kappa shape index (κ2) is 15.3. The Morgan fingerprint density at radius 2 is 1.68 bits per heavy atom. The number of benzene rings is 2. The van der Waals surface area contributed by atoms with Crippen molar-refractivity contribution in [2.75, 3.05) is 69.6 Å². The van der Waals surface area contributed by atoms with Gasteiger partial charge in [0.2, 0.25) is 5.91 Å². The molecule has 6 heterocycles. The van der Waals surface area contributed by atoms with E-state index in [0.717, 1.165) is 29.8 Å². The number of imide groups is 1. The Kier molecular flexibility index (Phi) is 10.1. The molecule has 57 heavy (non-hydrogen) atoms. The molecule has 2 aromatic carbocycles. The third-order valence-corrected chi connectivity index (χ3v) is 11.5. The fourth-order valence-corrected chi connectivity index (χ4v) is 8.30. The van der Waals surface area contributed by atoms with E-state index >= 15 is 0 Å². The number of nitrogens with two attached hydrogens (primary N) is 1. The van der Waals surface area contributed by atoms with Crippen LogP contribution in [-0.4, -0.2) is 142 Å². The SMILES string of the molecule is C=C1CCC(N2C(=O)c3ccc(CN4CCN(C(=O)c5ccc(Nc6nc(N7CCC[C@H](N8CCN(C)C8=O)C7)cnc6C(N)=O)cc5)CC4)cc3C2=O)C(=O)N1. The molecule has 1 aromatic heterocycles. The van der Waals surface area contributed by atoms with Crippen LogP contribution in [0.25, 0.3) is 0 Å². The molecule has 0 aliphatic carbocycles. The summed E-state index contributed by atoms with van der Waals surface area (Å²) in [6.45, 7) is 9.27. The molecule has 5 aliphatic heterocycles. The maximum atomic E-state index is 13.5. The van der Waals surface area contributed by atoms with E-state index in [4.69, 9.17) is 10.7 Å². The Labute approximate surface area is 329 Å². The Balaban J connectivity index is 0.866. The molecule has 0 radical (unpaired) electrons. The van der Waals surface area contributed by atoms with Crippen LogP contribution >= 0.6 is 0 Å². The van der Waals surface area contributed by atoms with Gasteiger partial charge in [-0.1, -0.05) is 12.6 Å². The molecule has 17 heteroatoms. The molecular weight excluding hydrogens is 731 g/mol. The van der Waals surface area contributed by atoms with Crippen molar-refractivity contribution in [2.24, 2.45) is 5.73 Å². The minimum absolute atomic E-state index is 0.0102. The number of piperidine rings is 2. The van der Waals surface area contributed by atoms with Gasteiger partial charge in [-0.15, -0.1) is 0 Å². The highest BCUT2D eigenvalue weighted by atomic mass is 16.2. The van der Waals surface area contributed by atoms with Crippen molar-refractivity contribution < 1.29 is 28.8 Å². The first-order valence-corrected chi connectivity index (χ1v) is 19.3. The summed E-state index contributed by atoms with van der Waals surface area (Å²) in [6.07, 6.45) is 4.16. The average Bonchev–Trinajstić information content (AvgIpc) is 3.67.